The Bertz CT molecular complexity index is 449. The van der Waals surface area contributed by atoms with Gasteiger partial charge >= 0.3 is 0 Å². The Labute approximate surface area is 122 Å². The number of ketones is 1. The summed E-state index contributed by atoms with van der Waals surface area (Å²) in [7, 11) is -3.06. The Morgan fingerprint density at radius 2 is 2.00 bits per heavy atom. The van der Waals surface area contributed by atoms with Crippen LogP contribution in [0.25, 0.3) is 0 Å². The van der Waals surface area contributed by atoms with E-state index in [0.717, 1.165) is 38.9 Å². The number of piperidine rings is 2. The van der Waals surface area contributed by atoms with E-state index in [4.69, 9.17) is 0 Å². The number of carbonyl (C=O) groups is 1. The maximum absolute atomic E-state index is 11.7. The molecule has 6 heteroatoms. The van der Waals surface area contributed by atoms with Crippen molar-refractivity contribution in [2.24, 2.45) is 11.8 Å². The fourth-order valence-corrected chi connectivity index (χ4v) is 4.28. The fraction of sp³-hybridized carbons (Fsp3) is 0.929. The van der Waals surface area contributed by atoms with Gasteiger partial charge in [0.1, 0.15) is 5.78 Å². The van der Waals surface area contributed by atoms with Gasteiger partial charge in [0.2, 0.25) is 10.0 Å². The number of hydrogen-bond acceptors (Lipinski definition) is 4. The molecule has 2 rings (SSSR count). The molecule has 2 heterocycles. The molecule has 0 aliphatic carbocycles. The second-order valence-electron chi connectivity index (χ2n) is 6.21. The molecule has 2 fully saturated rings. The molecule has 2 aliphatic rings. The SMILES string of the molecule is CCC1CN(CC2CCCN(S(C)(=O)=O)C2)CCC1=O. The number of carbonyl (C=O) groups excluding carboxylic acids is 1. The number of rotatable bonds is 4. The Hall–Kier alpha value is -0.460. The van der Waals surface area contributed by atoms with Crippen molar-refractivity contribution in [2.45, 2.75) is 32.6 Å². The zero-order chi connectivity index (χ0) is 14.8. The van der Waals surface area contributed by atoms with Gasteiger partial charge in [-0.1, -0.05) is 6.92 Å². The van der Waals surface area contributed by atoms with E-state index in [1.165, 1.54) is 6.26 Å². The van der Waals surface area contributed by atoms with Gasteiger partial charge in [0, 0.05) is 45.1 Å². The van der Waals surface area contributed by atoms with Gasteiger partial charge in [0.25, 0.3) is 0 Å². The third-order valence-electron chi connectivity index (χ3n) is 4.57. The van der Waals surface area contributed by atoms with Crippen molar-refractivity contribution < 1.29 is 13.2 Å². The van der Waals surface area contributed by atoms with Gasteiger partial charge in [-0.05, 0) is 25.2 Å². The van der Waals surface area contributed by atoms with Crippen LogP contribution < -0.4 is 0 Å². The van der Waals surface area contributed by atoms with Crippen molar-refractivity contribution in [3.63, 3.8) is 0 Å². The number of likely N-dealkylation sites (tertiary alicyclic amines) is 1. The minimum absolute atomic E-state index is 0.179. The monoisotopic (exact) mass is 302 g/mol. The molecule has 0 aromatic rings. The average Bonchev–Trinajstić information content (AvgIpc) is 2.40. The number of sulfonamides is 1. The second-order valence-corrected chi connectivity index (χ2v) is 8.19. The van der Waals surface area contributed by atoms with Crippen LogP contribution in [-0.4, -0.2) is 62.4 Å². The van der Waals surface area contributed by atoms with E-state index >= 15 is 0 Å². The van der Waals surface area contributed by atoms with E-state index in [-0.39, 0.29) is 5.92 Å². The quantitative estimate of drug-likeness (QED) is 0.776. The smallest absolute Gasteiger partial charge is 0.211 e. The highest BCUT2D eigenvalue weighted by Crippen LogP contribution is 2.22. The minimum Gasteiger partial charge on any atom is -0.302 e. The number of hydrogen-bond donors (Lipinski definition) is 0. The van der Waals surface area contributed by atoms with Gasteiger partial charge in [-0.2, -0.15) is 0 Å². The molecule has 116 valence electrons. The summed E-state index contributed by atoms with van der Waals surface area (Å²) < 4.78 is 24.9. The molecule has 2 unspecified atom stereocenters. The zero-order valence-electron chi connectivity index (χ0n) is 12.5. The normalized spacial score (nSPS) is 30.6. The molecule has 0 spiro atoms. The summed E-state index contributed by atoms with van der Waals surface area (Å²) >= 11 is 0. The van der Waals surface area contributed by atoms with Gasteiger partial charge in [0.15, 0.2) is 0 Å². The Kier molecular flexibility index (Phi) is 5.20. The Morgan fingerprint density at radius 1 is 1.25 bits per heavy atom. The lowest BCUT2D eigenvalue weighted by Gasteiger charge is -2.37. The third kappa shape index (κ3) is 4.02. The van der Waals surface area contributed by atoms with Crippen LogP contribution >= 0.6 is 0 Å². The molecule has 2 aliphatic heterocycles. The van der Waals surface area contributed by atoms with Crippen LogP contribution in [0.15, 0.2) is 0 Å². The van der Waals surface area contributed by atoms with Crippen LogP contribution in [0, 0.1) is 11.8 Å². The summed E-state index contributed by atoms with van der Waals surface area (Å²) in [6, 6.07) is 0. The maximum atomic E-state index is 11.7. The summed E-state index contributed by atoms with van der Waals surface area (Å²) in [6.45, 7) is 5.98. The Morgan fingerprint density at radius 3 is 2.65 bits per heavy atom. The summed E-state index contributed by atoms with van der Waals surface area (Å²) in [5, 5.41) is 0. The first-order valence-electron chi connectivity index (χ1n) is 7.60. The van der Waals surface area contributed by atoms with Crippen molar-refractivity contribution in [2.75, 3.05) is 39.0 Å². The predicted octanol–water partition coefficient (Wildman–Crippen LogP) is 0.959. The highest BCUT2D eigenvalue weighted by molar-refractivity contribution is 7.88. The maximum Gasteiger partial charge on any atom is 0.211 e. The molecule has 20 heavy (non-hydrogen) atoms. The topological polar surface area (TPSA) is 57.7 Å². The number of Topliss-reactive ketones (excluding diaryl/α,β-unsaturated/α-hetero) is 1. The first kappa shape index (κ1) is 15.9. The van der Waals surface area contributed by atoms with Gasteiger partial charge in [-0.15, -0.1) is 0 Å². The van der Waals surface area contributed by atoms with Crippen molar-refractivity contribution in [1.82, 2.24) is 9.21 Å². The van der Waals surface area contributed by atoms with Gasteiger partial charge < -0.3 is 4.90 Å². The first-order chi connectivity index (χ1) is 9.40. The van der Waals surface area contributed by atoms with E-state index in [2.05, 4.69) is 11.8 Å². The molecule has 0 saturated carbocycles. The summed E-state index contributed by atoms with van der Waals surface area (Å²) in [4.78, 5) is 14.1. The van der Waals surface area contributed by atoms with Crippen LogP contribution in [0.5, 0.6) is 0 Å². The van der Waals surface area contributed by atoms with Gasteiger partial charge in [0.05, 0.1) is 6.26 Å². The molecule has 0 radical (unpaired) electrons. The van der Waals surface area contributed by atoms with Crippen LogP contribution in [0.1, 0.15) is 32.6 Å². The lowest BCUT2D eigenvalue weighted by Crippen LogP contribution is -2.47. The van der Waals surface area contributed by atoms with Crippen molar-refractivity contribution in [3.05, 3.63) is 0 Å². The Balaban J connectivity index is 1.88. The van der Waals surface area contributed by atoms with Gasteiger partial charge in [-0.3, -0.25) is 4.79 Å². The van der Waals surface area contributed by atoms with Crippen LogP contribution in [0.2, 0.25) is 0 Å². The summed E-state index contributed by atoms with van der Waals surface area (Å²) in [5.74, 6) is 0.979. The zero-order valence-corrected chi connectivity index (χ0v) is 13.4. The predicted molar refractivity (Wildman–Crippen MR) is 79.0 cm³/mol. The van der Waals surface area contributed by atoms with Crippen molar-refractivity contribution in [1.29, 1.82) is 0 Å². The summed E-state index contributed by atoms with van der Waals surface area (Å²) in [6.07, 6.45) is 4.90. The fourth-order valence-electron chi connectivity index (χ4n) is 3.34. The van der Waals surface area contributed by atoms with E-state index in [1.54, 1.807) is 4.31 Å². The van der Waals surface area contributed by atoms with Crippen molar-refractivity contribution >= 4 is 15.8 Å². The molecule has 0 aromatic heterocycles. The molecular weight excluding hydrogens is 276 g/mol. The summed E-state index contributed by atoms with van der Waals surface area (Å²) in [5.41, 5.74) is 0. The third-order valence-corrected chi connectivity index (χ3v) is 5.84. The standard InChI is InChI=1S/C14H26N2O3S/c1-3-13-11-15(8-6-14(13)17)9-12-5-4-7-16(10-12)20(2,18)19/h12-13H,3-11H2,1-2H3. The molecular formula is C14H26N2O3S. The molecule has 0 N–H and O–H groups in total. The molecule has 2 saturated heterocycles. The van der Waals surface area contributed by atoms with E-state index in [0.29, 0.717) is 31.2 Å². The van der Waals surface area contributed by atoms with E-state index < -0.39 is 10.0 Å². The van der Waals surface area contributed by atoms with E-state index in [9.17, 15) is 13.2 Å². The lowest BCUT2D eigenvalue weighted by molar-refractivity contribution is -0.126. The lowest BCUT2D eigenvalue weighted by atomic mass is 9.92. The highest BCUT2D eigenvalue weighted by atomic mass is 32.2. The molecule has 0 aromatic carbocycles. The molecule has 0 amide bonds. The first-order valence-corrected chi connectivity index (χ1v) is 9.45. The van der Waals surface area contributed by atoms with Crippen molar-refractivity contribution in [3.8, 4) is 0 Å². The molecule has 0 bridgehead atoms. The average molecular weight is 302 g/mol. The van der Waals surface area contributed by atoms with Crippen LogP contribution in [-0.2, 0) is 14.8 Å². The molecule has 2 atom stereocenters. The van der Waals surface area contributed by atoms with Crippen LogP contribution in [0.4, 0.5) is 0 Å². The largest absolute Gasteiger partial charge is 0.302 e. The van der Waals surface area contributed by atoms with Gasteiger partial charge in [-0.25, -0.2) is 12.7 Å². The highest BCUT2D eigenvalue weighted by Gasteiger charge is 2.30. The molecule has 5 nitrogen and oxygen atoms in total. The minimum atomic E-state index is -3.06. The van der Waals surface area contributed by atoms with E-state index in [1.807, 2.05) is 0 Å². The number of nitrogens with zero attached hydrogens (tertiary/aromatic N) is 2. The van der Waals surface area contributed by atoms with Crippen LogP contribution in [0.3, 0.4) is 0 Å². The second kappa shape index (κ2) is 6.54.